The van der Waals surface area contributed by atoms with E-state index >= 15 is 0 Å². The molecule has 0 unspecified atom stereocenters. The monoisotopic (exact) mass is 225 g/mol. The van der Waals surface area contributed by atoms with Gasteiger partial charge in [-0.3, -0.25) is 0 Å². The lowest BCUT2D eigenvalue weighted by Crippen LogP contribution is -2.54. The van der Waals surface area contributed by atoms with Gasteiger partial charge in [0.15, 0.2) is 0 Å². The van der Waals surface area contributed by atoms with Crippen molar-refractivity contribution < 1.29 is 4.79 Å². The predicted octanol–water partition coefficient (Wildman–Crippen LogP) is 1.32. The van der Waals surface area contributed by atoms with Crippen LogP contribution >= 0.6 is 0 Å². The maximum atomic E-state index is 12.2. The molecule has 0 radical (unpaired) electrons. The molecule has 4 heteroatoms. The van der Waals surface area contributed by atoms with Gasteiger partial charge >= 0.3 is 6.03 Å². The number of carbonyl (C=O) groups is 1. The van der Waals surface area contributed by atoms with Crippen LogP contribution < -0.4 is 10.6 Å². The number of nitrogens with zero attached hydrogens (tertiary/aromatic N) is 1. The first-order chi connectivity index (χ1) is 7.43. The summed E-state index contributed by atoms with van der Waals surface area (Å²) in [4.78, 5) is 14.3. The van der Waals surface area contributed by atoms with Gasteiger partial charge in [0.2, 0.25) is 0 Å². The molecule has 1 saturated carbocycles. The zero-order valence-corrected chi connectivity index (χ0v) is 10.6. The molecule has 92 valence electrons. The summed E-state index contributed by atoms with van der Waals surface area (Å²) in [7, 11) is 0. The van der Waals surface area contributed by atoms with E-state index in [1.165, 1.54) is 0 Å². The van der Waals surface area contributed by atoms with Gasteiger partial charge in [-0.25, -0.2) is 4.79 Å². The molecule has 0 atom stereocenters. The van der Waals surface area contributed by atoms with Crippen LogP contribution in [-0.4, -0.2) is 41.6 Å². The summed E-state index contributed by atoms with van der Waals surface area (Å²) in [6, 6.07) is 0.105. The van der Waals surface area contributed by atoms with Crippen LogP contribution in [0, 0.1) is 0 Å². The molecule has 2 rings (SSSR count). The highest BCUT2D eigenvalue weighted by Crippen LogP contribution is 2.42. The molecule has 1 aliphatic carbocycles. The maximum Gasteiger partial charge on any atom is 0.318 e. The fourth-order valence-electron chi connectivity index (χ4n) is 2.31. The number of rotatable bonds is 0. The van der Waals surface area contributed by atoms with Crippen molar-refractivity contribution in [2.45, 2.75) is 51.1 Å². The van der Waals surface area contributed by atoms with Gasteiger partial charge in [0, 0.05) is 18.6 Å². The minimum Gasteiger partial charge on any atom is -0.333 e. The van der Waals surface area contributed by atoms with Gasteiger partial charge in [0.1, 0.15) is 0 Å². The molecule has 0 aromatic heterocycles. The lowest BCUT2D eigenvalue weighted by Gasteiger charge is -2.33. The Balaban J connectivity index is 2.03. The summed E-state index contributed by atoms with van der Waals surface area (Å²) in [6.45, 7) is 8.96. The van der Waals surface area contributed by atoms with Crippen molar-refractivity contribution >= 4 is 6.03 Å². The molecule has 0 aromatic rings. The standard InChI is InChI=1S/C12H23N3O/c1-11(2,3)14-10(16)15-8-4-7-13-9-12(15)5-6-12/h13H,4-9H2,1-3H3,(H,14,16). The second-order valence-corrected chi connectivity index (χ2v) is 6.09. The number of urea groups is 1. The molecule has 2 fully saturated rings. The van der Waals surface area contributed by atoms with Gasteiger partial charge in [0.05, 0.1) is 5.54 Å². The number of nitrogens with one attached hydrogen (secondary N) is 2. The third-order valence-electron chi connectivity index (χ3n) is 3.32. The molecule has 1 spiro atoms. The molecule has 2 amide bonds. The van der Waals surface area contributed by atoms with Gasteiger partial charge in [-0.1, -0.05) is 0 Å². The Labute approximate surface area is 97.8 Å². The van der Waals surface area contributed by atoms with Crippen molar-refractivity contribution in [3.05, 3.63) is 0 Å². The van der Waals surface area contributed by atoms with E-state index in [9.17, 15) is 4.79 Å². The Morgan fingerprint density at radius 2 is 2.06 bits per heavy atom. The Hall–Kier alpha value is -0.770. The lowest BCUT2D eigenvalue weighted by molar-refractivity contribution is 0.163. The van der Waals surface area contributed by atoms with E-state index in [0.717, 1.165) is 38.9 Å². The van der Waals surface area contributed by atoms with Gasteiger partial charge in [-0.15, -0.1) is 0 Å². The van der Waals surface area contributed by atoms with Crippen molar-refractivity contribution in [3.63, 3.8) is 0 Å². The third kappa shape index (κ3) is 2.48. The number of carbonyl (C=O) groups excluding carboxylic acids is 1. The minimum atomic E-state index is -0.146. The molecule has 0 aromatic carbocycles. The van der Waals surface area contributed by atoms with Gasteiger partial charge in [-0.2, -0.15) is 0 Å². The molecule has 2 N–H and O–H groups in total. The Bertz CT molecular complexity index is 278. The molecule has 0 bridgehead atoms. The zero-order valence-electron chi connectivity index (χ0n) is 10.6. The second kappa shape index (κ2) is 3.91. The molecular formula is C12H23N3O. The number of hydrogen-bond donors (Lipinski definition) is 2. The summed E-state index contributed by atoms with van der Waals surface area (Å²) in [6.07, 6.45) is 3.36. The first kappa shape index (κ1) is 11.7. The van der Waals surface area contributed by atoms with Crippen LogP contribution in [0.4, 0.5) is 4.79 Å². The average Bonchev–Trinajstić information content (AvgIpc) is 2.91. The van der Waals surface area contributed by atoms with Gasteiger partial charge in [0.25, 0.3) is 0 Å². The van der Waals surface area contributed by atoms with Crippen molar-refractivity contribution in [2.75, 3.05) is 19.6 Å². The van der Waals surface area contributed by atoms with E-state index in [4.69, 9.17) is 0 Å². The Kier molecular flexibility index (Phi) is 2.86. The summed E-state index contributed by atoms with van der Waals surface area (Å²) in [5.41, 5.74) is -0.0151. The van der Waals surface area contributed by atoms with Gasteiger partial charge in [-0.05, 0) is 46.6 Å². The SMILES string of the molecule is CC(C)(C)NC(=O)N1CCCNCC12CC2. The van der Waals surface area contributed by atoms with E-state index in [0.29, 0.717) is 0 Å². The first-order valence-corrected chi connectivity index (χ1v) is 6.24. The van der Waals surface area contributed by atoms with E-state index < -0.39 is 0 Å². The van der Waals surface area contributed by atoms with Crippen molar-refractivity contribution in [2.24, 2.45) is 0 Å². The van der Waals surface area contributed by atoms with Crippen molar-refractivity contribution in [1.82, 2.24) is 15.5 Å². The van der Waals surface area contributed by atoms with Crippen LogP contribution in [-0.2, 0) is 0 Å². The van der Waals surface area contributed by atoms with Crippen LogP contribution in [0.5, 0.6) is 0 Å². The van der Waals surface area contributed by atoms with E-state index in [2.05, 4.69) is 15.5 Å². The van der Waals surface area contributed by atoms with Crippen molar-refractivity contribution in [3.8, 4) is 0 Å². The van der Waals surface area contributed by atoms with Crippen LogP contribution in [0.25, 0.3) is 0 Å². The molecule has 1 heterocycles. The zero-order chi connectivity index (χ0) is 11.8. The quantitative estimate of drug-likeness (QED) is 0.653. The fraction of sp³-hybridized carbons (Fsp3) is 0.917. The summed E-state index contributed by atoms with van der Waals surface area (Å²) in [5.74, 6) is 0. The summed E-state index contributed by atoms with van der Waals surface area (Å²) in [5, 5.41) is 6.50. The topological polar surface area (TPSA) is 44.4 Å². The Morgan fingerprint density at radius 3 is 2.62 bits per heavy atom. The number of hydrogen-bond acceptors (Lipinski definition) is 2. The Morgan fingerprint density at radius 1 is 1.38 bits per heavy atom. The highest BCUT2D eigenvalue weighted by atomic mass is 16.2. The highest BCUT2D eigenvalue weighted by Gasteiger charge is 2.50. The summed E-state index contributed by atoms with van der Waals surface area (Å²) < 4.78 is 0. The second-order valence-electron chi connectivity index (χ2n) is 6.09. The van der Waals surface area contributed by atoms with E-state index in [-0.39, 0.29) is 17.1 Å². The molecule has 1 saturated heterocycles. The normalized spacial score (nSPS) is 24.1. The number of amides is 2. The van der Waals surface area contributed by atoms with Gasteiger partial charge < -0.3 is 15.5 Å². The largest absolute Gasteiger partial charge is 0.333 e. The fourth-order valence-corrected chi connectivity index (χ4v) is 2.31. The predicted molar refractivity (Wildman–Crippen MR) is 64.4 cm³/mol. The van der Waals surface area contributed by atoms with Crippen LogP contribution in [0.3, 0.4) is 0 Å². The molecule has 2 aliphatic rings. The average molecular weight is 225 g/mol. The lowest BCUT2D eigenvalue weighted by atomic mass is 10.1. The molecule has 1 aliphatic heterocycles. The third-order valence-corrected chi connectivity index (χ3v) is 3.32. The molecular weight excluding hydrogens is 202 g/mol. The smallest absolute Gasteiger partial charge is 0.318 e. The molecule has 4 nitrogen and oxygen atoms in total. The van der Waals surface area contributed by atoms with Crippen molar-refractivity contribution in [1.29, 1.82) is 0 Å². The minimum absolute atomic E-state index is 0.105. The first-order valence-electron chi connectivity index (χ1n) is 6.24. The highest BCUT2D eigenvalue weighted by molar-refractivity contribution is 5.76. The van der Waals surface area contributed by atoms with E-state index in [1.807, 2.05) is 20.8 Å². The van der Waals surface area contributed by atoms with Crippen LogP contribution in [0.2, 0.25) is 0 Å². The summed E-state index contributed by atoms with van der Waals surface area (Å²) >= 11 is 0. The maximum absolute atomic E-state index is 12.2. The van der Waals surface area contributed by atoms with Crippen LogP contribution in [0.15, 0.2) is 0 Å². The van der Waals surface area contributed by atoms with E-state index in [1.54, 1.807) is 0 Å². The van der Waals surface area contributed by atoms with Crippen LogP contribution in [0.1, 0.15) is 40.0 Å². The molecule has 16 heavy (non-hydrogen) atoms.